The van der Waals surface area contributed by atoms with Crippen LogP contribution in [0.4, 0.5) is 5.82 Å². The van der Waals surface area contributed by atoms with Gasteiger partial charge in [-0.2, -0.15) is 0 Å². The number of hydrogen-bond donors (Lipinski definition) is 2. The van der Waals surface area contributed by atoms with Crippen LogP contribution in [0.25, 0.3) is 0 Å². The van der Waals surface area contributed by atoms with Crippen molar-refractivity contribution in [2.45, 2.75) is 46.1 Å². The van der Waals surface area contributed by atoms with E-state index in [1.54, 1.807) is 0 Å². The van der Waals surface area contributed by atoms with E-state index >= 15 is 0 Å². The molecule has 0 aromatic carbocycles. The number of aromatic nitrogens is 1. The number of anilines is 1. The van der Waals surface area contributed by atoms with Crippen molar-refractivity contribution < 1.29 is 0 Å². The minimum absolute atomic E-state index is 0. The fourth-order valence-electron chi connectivity index (χ4n) is 2.92. The van der Waals surface area contributed by atoms with Crippen molar-refractivity contribution in [2.75, 3.05) is 32.1 Å². The lowest BCUT2D eigenvalue weighted by atomic mass is 9.67. The molecule has 5 nitrogen and oxygen atoms in total. The van der Waals surface area contributed by atoms with Crippen LogP contribution in [0.15, 0.2) is 23.3 Å². The molecule has 136 valence electrons. The summed E-state index contributed by atoms with van der Waals surface area (Å²) in [5.74, 6) is 1.88. The van der Waals surface area contributed by atoms with E-state index in [1.807, 2.05) is 31.3 Å². The van der Waals surface area contributed by atoms with E-state index in [2.05, 4.69) is 35.5 Å². The zero-order valence-electron chi connectivity index (χ0n) is 15.4. The first kappa shape index (κ1) is 21.0. The van der Waals surface area contributed by atoms with E-state index in [9.17, 15) is 0 Å². The molecule has 0 radical (unpaired) electrons. The zero-order chi connectivity index (χ0) is 16.7. The highest BCUT2D eigenvalue weighted by atomic mass is 127. The van der Waals surface area contributed by atoms with Gasteiger partial charge in [0.15, 0.2) is 5.96 Å². The summed E-state index contributed by atoms with van der Waals surface area (Å²) in [6.45, 7) is 6.97. The molecule has 1 aliphatic rings. The summed E-state index contributed by atoms with van der Waals surface area (Å²) < 4.78 is 0. The number of nitrogens with one attached hydrogen (secondary N) is 2. The molecule has 1 aromatic heterocycles. The number of rotatable bonds is 7. The monoisotopic (exact) mass is 445 g/mol. The van der Waals surface area contributed by atoms with Crippen LogP contribution >= 0.6 is 24.0 Å². The molecule has 1 saturated carbocycles. The molecule has 0 spiro atoms. The van der Waals surface area contributed by atoms with Crippen molar-refractivity contribution >= 4 is 35.8 Å². The average Bonchev–Trinajstić information content (AvgIpc) is 2.52. The SMILES string of the molecule is CCNC(=NCc1ccnc(N(C)C)c1)NCC1(CC)CCC1.I. The van der Waals surface area contributed by atoms with Crippen LogP contribution in [0, 0.1) is 5.41 Å². The second-order valence-corrected chi connectivity index (χ2v) is 6.67. The van der Waals surface area contributed by atoms with Crippen LogP contribution in [-0.2, 0) is 6.54 Å². The van der Waals surface area contributed by atoms with E-state index in [0.717, 1.165) is 24.9 Å². The van der Waals surface area contributed by atoms with Crippen molar-refractivity contribution in [3.8, 4) is 0 Å². The predicted molar refractivity (Wildman–Crippen MR) is 113 cm³/mol. The molecule has 0 aliphatic heterocycles. The van der Waals surface area contributed by atoms with Gasteiger partial charge in [-0.3, -0.25) is 0 Å². The first-order valence-corrected chi connectivity index (χ1v) is 8.73. The Morgan fingerprint density at radius 2 is 2.04 bits per heavy atom. The van der Waals surface area contributed by atoms with Gasteiger partial charge < -0.3 is 15.5 Å². The van der Waals surface area contributed by atoms with Gasteiger partial charge in [0.05, 0.1) is 6.54 Å². The fraction of sp³-hybridized carbons (Fsp3) is 0.667. The van der Waals surface area contributed by atoms with E-state index in [1.165, 1.54) is 31.2 Å². The first-order chi connectivity index (χ1) is 11.1. The molecule has 0 amide bonds. The number of aliphatic imine (C=N–C) groups is 1. The Morgan fingerprint density at radius 1 is 1.29 bits per heavy atom. The van der Waals surface area contributed by atoms with Gasteiger partial charge in [-0.25, -0.2) is 9.98 Å². The summed E-state index contributed by atoms with van der Waals surface area (Å²) >= 11 is 0. The Kier molecular flexibility index (Phi) is 8.80. The lowest BCUT2D eigenvalue weighted by Crippen LogP contribution is -2.46. The van der Waals surface area contributed by atoms with Crippen LogP contribution < -0.4 is 15.5 Å². The molecule has 6 heteroatoms. The summed E-state index contributed by atoms with van der Waals surface area (Å²) in [4.78, 5) is 11.1. The summed E-state index contributed by atoms with van der Waals surface area (Å²) in [5, 5.41) is 6.88. The highest BCUT2D eigenvalue weighted by Crippen LogP contribution is 2.42. The van der Waals surface area contributed by atoms with Gasteiger partial charge in [0.1, 0.15) is 5.82 Å². The second kappa shape index (κ2) is 10.1. The molecule has 1 aromatic rings. The number of guanidine groups is 1. The Balaban J connectivity index is 0.00000288. The Morgan fingerprint density at radius 3 is 2.58 bits per heavy atom. The predicted octanol–water partition coefficient (Wildman–Crippen LogP) is 3.40. The molecule has 24 heavy (non-hydrogen) atoms. The van der Waals surface area contributed by atoms with Gasteiger partial charge in [0, 0.05) is 33.4 Å². The molecular weight excluding hydrogens is 413 g/mol. The number of halogens is 1. The molecular formula is C18H32IN5. The fourth-order valence-corrected chi connectivity index (χ4v) is 2.92. The quantitative estimate of drug-likeness (QED) is 0.384. The number of pyridine rings is 1. The van der Waals surface area contributed by atoms with Gasteiger partial charge in [0.2, 0.25) is 0 Å². The summed E-state index contributed by atoms with van der Waals surface area (Å²) in [7, 11) is 4.01. The lowest BCUT2D eigenvalue weighted by Gasteiger charge is -2.41. The summed E-state index contributed by atoms with van der Waals surface area (Å²) in [6, 6.07) is 4.12. The number of nitrogens with zero attached hydrogens (tertiary/aromatic N) is 3. The molecule has 0 unspecified atom stereocenters. The lowest BCUT2D eigenvalue weighted by molar-refractivity contribution is 0.131. The first-order valence-electron chi connectivity index (χ1n) is 8.73. The Hall–Kier alpha value is -1.05. The van der Waals surface area contributed by atoms with Crippen LogP contribution in [0.1, 0.15) is 45.1 Å². The van der Waals surface area contributed by atoms with E-state index in [0.29, 0.717) is 12.0 Å². The topological polar surface area (TPSA) is 52.6 Å². The molecule has 0 bridgehead atoms. The van der Waals surface area contributed by atoms with Crippen LogP contribution in [0.5, 0.6) is 0 Å². The Bertz CT molecular complexity index is 520. The largest absolute Gasteiger partial charge is 0.363 e. The van der Waals surface area contributed by atoms with E-state index in [-0.39, 0.29) is 24.0 Å². The molecule has 1 aliphatic carbocycles. The van der Waals surface area contributed by atoms with Gasteiger partial charge in [-0.05, 0) is 49.3 Å². The highest BCUT2D eigenvalue weighted by molar-refractivity contribution is 14.0. The van der Waals surface area contributed by atoms with Crippen LogP contribution in [-0.4, -0.2) is 38.1 Å². The summed E-state index contributed by atoms with van der Waals surface area (Å²) in [6.07, 6.45) is 7.14. The molecule has 1 heterocycles. The van der Waals surface area contributed by atoms with Crippen molar-refractivity contribution in [2.24, 2.45) is 10.4 Å². The zero-order valence-corrected chi connectivity index (χ0v) is 17.8. The normalized spacial score (nSPS) is 15.9. The van der Waals surface area contributed by atoms with Gasteiger partial charge in [0.25, 0.3) is 0 Å². The van der Waals surface area contributed by atoms with Crippen molar-refractivity contribution in [1.82, 2.24) is 15.6 Å². The molecule has 0 saturated heterocycles. The number of hydrogen-bond acceptors (Lipinski definition) is 3. The highest BCUT2D eigenvalue weighted by Gasteiger charge is 2.34. The minimum atomic E-state index is 0. The maximum Gasteiger partial charge on any atom is 0.191 e. The maximum atomic E-state index is 4.73. The molecule has 1 fully saturated rings. The van der Waals surface area contributed by atoms with Crippen molar-refractivity contribution in [3.05, 3.63) is 23.9 Å². The average molecular weight is 445 g/mol. The van der Waals surface area contributed by atoms with E-state index in [4.69, 9.17) is 4.99 Å². The van der Waals surface area contributed by atoms with Crippen LogP contribution in [0.2, 0.25) is 0 Å². The maximum absolute atomic E-state index is 4.73. The van der Waals surface area contributed by atoms with Crippen molar-refractivity contribution in [3.63, 3.8) is 0 Å². The van der Waals surface area contributed by atoms with Gasteiger partial charge in [-0.15, -0.1) is 24.0 Å². The minimum Gasteiger partial charge on any atom is -0.363 e. The van der Waals surface area contributed by atoms with Gasteiger partial charge in [-0.1, -0.05) is 13.3 Å². The van der Waals surface area contributed by atoms with Crippen molar-refractivity contribution in [1.29, 1.82) is 0 Å². The van der Waals surface area contributed by atoms with E-state index < -0.39 is 0 Å². The molecule has 2 N–H and O–H groups in total. The third-order valence-corrected chi connectivity index (χ3v) is 4.83. The van der Waals surface area contributed by atoms with Gasteiger partial charge >= 0.3 is 0 Å². The standard InChI is InChI=1S/C18H31N5.HI/c1-5-18(9-7-10-18)14-22-17(19-6-2)21-13-15-8-11-20-16(12-15)23(3)4;/h8,11-12H,5-7,9-10,13-14H2,1-4H3,(H2,19,21,22);1H. The second-order valence-electron chi connectivity index (χ2n) is 6.67. The molecule has 0 atom stereocenters. The third-order valence-electron chi connectivity index (χ3n) is 4.83. The Labute approximate surface area is 163 Å². The smallest absolute Gasteiger partial charge is 0.191 e. The summed E-state index contributed by atoms with van der Waals surface area (Å²) in [5.41, 5.74) is 1.67. The molecule has 2 rings (SSSR count). The third kappa shape index (κ3) is 5.79. The van der Waals surface area contributed by atoms with Crippen LogP contribution in [0.3, 0.4) is 0 Å².